The van der Waals surface area contributed by atoms with Crippen molar-refractivity contribution in [2.24, 2.45) is 11.8 Å². The fourth-order valence-corrected chi connectivity index (χ4v) is 3.33. The Hall–Kier alpha value is -3.62. The van der Waals surface area contributed by atoms with Crippen LogP contribution in [0.5, 0.6) is 11.5 Å². The van der Waals surface area contributed by atoms with Crippen LogP contribution in [-0.4, -0.2) is 50.6 Å². The third kappa shape index (κ3) is 6.00. The molecule has 1 fully saturated rings. The Bertz CT molecular complexity index is 1040. The third-order valence-corrected chi connectivity index (χ3v) is 5.53. The van der Waals surface area contributed by atoms with Gasteiger partial charge in [0, 0.05) is 31.6 Å². The lowest BCUT2D eigenvalue weighted by atomic mass is 10.1. The molecule has 33 heavy (non-hydrogen) atoms. The molecule has 9 heteroatoms. The van der Waals surface area contributed by atoms with Gasteiger partial charge in [0.2, 0.25) is 5.91 Å². The van der Waals surface area contributed by atoms with Crippen LogP contribution in [0, 0.1) is 17.7 Å². The first kappa shape index (κ1) is 24.0. The van der Waals surface area contributed by atoms with Crippen LogP contribution >= 0.6 is 0 Å². The number of rotatable bonds is 9. The van der Waals surface area contributed by atoms with Crippen LogP contribution in [0.3, 0.4) is 0 Å². The molecule has 0 radical (unpaired) electrons. The number of carbonyl (C=O) groups is 3. The summed E-state index contributed by atoms with van der Waals surface area (Å²) in [5.41, 5.74) is 0.995. The molecule has 0 bridgehead atoms. The first-order valence-electron chi connectivity index (χ1n) is 10.5. The Kier molecular flexibility index (Phi) is 7.52. The summed E-state index contributed by atoms with van der Waals surface area (Å²) in [6.45, 7) is 1.70. The van der Waals surface area contributed by atoms with E-state index in [4.69, 9.17) is 14.2 Å². The second kappa shape index (κ2) is 10.3. The van der Waals surface area contributed by atoms with Crippen molar-refractivity contribution in [3.8, 4) is 11.5 Å². The first-order valence-corrected chi connectivity index (χ1v) is 10.5. The Morgan fingerprint density at radius 2 is 1.70 bits per heavy atom. The maximum atomic E-state index is 13.1. The standard InChI is InChI=1S/C24H27FN2O6/c1-14-9-17(14)23(29)26-19-11-21(32-4)20(31-3)10-18(19)24(30)33-13-22(28)27(2)12-15-5-7-16(25)8-6-15/h5-8,10-11,14,17H,9,12-13H2,1-4H3,(H,26,29). The fourth-order valence-electron chi connectivity index (χ4n) is 3.33. The molecule has 0 spiro atoms. The lowest BCUT2D eigenvalue weighted by molar-refractivity contribution is -0.133. The van der Waals surface area contributed by atoms with Crippen molar-refractivity contribution < 1.29 is 33.0 Å². The van der Waals surface area contributed by atoms with Gasteiger partial charge in [-0.15, -0.1) is 0 Å². The summed E-state index contributed by atoms with van der Waals surface area (Å²) in [6, 6.07) is 8.66. The predicted molar refractivity (Wildman–Crippen MR) is 119 cm³/mol. The summed E-state index contributed by atoms with van der Waals surface area (Å²) in [6.07, 6.45) is 0.786. The van der Waals surface area contributed by atoms with Gasteiger partial charge in [-0.2, -0.15) is 0 Å². The van der Waals surface area contributed by atoms with Crippen molar-refractivity contribution >= 4 is 23.5 Å². The SMILES string of the molecule is COc1cc(NC(=O)C2CC2C)c(C(=O)OCC(=O)N(C)Cc2ccc(F)cc2)cc1OC. The van der Waals surface area contributed by atoms with E-state index >= 15 is 0 Å². The van der Waals surface area contributed by atoms with E-state index in [0.717, 1.165) is 12.0 Å². The van der Waals surface area contributed by atoms with E-state index in [2.05, 4.69) is 5.32 Å². The van der Waals surface area contributed by atoms with Crippen molar-refractivity contribution in [1.82, 2.24) is 4.90 Å². The van der Waals surface area contributed by atoms with Gasteiger partial charge in [0.05, 0.1) is 25.5 Å². The molecule has 0 saturated heterocycles. The molecule has 1 saturated carbocycles. The van der Waals surface area contributed by atoms with Crippen LogP contribution in [-0.2, 0) is 20.9 Å². The quantitative estimate of drug-likeness (QED) is 0.580. The normalized spacial score (nSPS) is 16.5. The molecule has 1 aliphatic rings. The van der Waals surface area contributed by atoms with E-state index in [1.807, 2.05) is 6.92 Å². The number of methoxy groups -OCH3 is 2. The van der Waals surface area contributed by atoms with Crippen LogP contribution in [0.1, 0.15) is 29.3 Å². The van der Waals surface area contributed by atoms with Crippen molar-refractivity contribution in [1.29, 1.82) is 0 Å². The number of benzene rings is 2. The van der Waals surface area contributed by atoms with Crippen LogP contribution < -0.4 is 14.8 Å². The minimum absolute atomic E-state index is 0.0447. The van der Waals surface area contributed by atoms with Gasteiger partial charge >= 0.3 is 5.97 Å². The number of ether oxygens (including phenoxy) is 3. The summed E-state index contributed by atoms with van der Waals surface area (Å²) in [5, 5.41) is 2.76. The predicted octanol–water partition coefficient (Wildman–Crippen LogP) is 3.25. The fraction of sp³-hybridized carbons (Fsp3) is 0.375. The second-order valence-corrected chi connectivity index (χ2v) is 8.01. The molecule has 0 heterocycles. The lowest BCUT2D eigenvalue weighted by Gasteiger charge is -2.18. The number of hydrogen-bond donors (Lipinski definition) is 1. The topological polar surface area (TPSA) is 94.2 Å². The number of nitrogens with one attached hydrogen (secondary N) is 1. The molecule has 2 aromatic carbocycles. The molecule has 2 atom stereocenters. The second-order valence-electron chi connectivity index (χ2n) is 8.01. The van der Waals surface area contributed by atoms with Crippen LogP contribution in [0.2, 0.25) is 0 Å². The third-order valence-electron chi connectivity index (χ3n) is 5.53. The highest BCUT2D eigenvalue weighted by Crippen LogP contribution is 2.40. The van der Waals surface area contributed by atoms with Crippen LogP contribution in [0.4, 0.5) is 10.1 Å². The zero-order valence-corrected chi connectivity index (χ0v) is 19.0. The zero-order valence-electron chi connectivity index (χ0n) is 19.0. The number of amides is 2. The monoisotopic (exact) mass is 458 g/mol. The number of esters is 1. The number of hydrogen-bond acceptors (Lipinski definition) is 6. The summed E-state index contributed by atoms with van der Waals surface area (Å²) < 4.78 is 28.8. The summed E-state index contributed by atoms with van der Waals surface area (Å²) in [5.74, 6) is -0.998. The lowest BCUT2D eigenvalue weighted by Crippen LogP contribution is -2.31. The number of carbonyl (C=O) groups excluding carboxylic acids is 3. The molecule has 8 nitrogen and oxygen atoms in total. The summed E-state index contributed by atoms with van der Waals surface area (Å²) in [4.78, 5) is 39.0. The average Bonchev–Trinajstić information content (AvgIpc) is 3.54. The van der Waals surface area contributed by atoms with Gasteiger partial charge in [0.15, 0.2) is 18.1 Å². The average molecular weight is 458 g/mol. The Labute approximate surface area is 191 Å². The van der Waals surface area contributed by atoms with Crippen molar-refractivity contribution in [3.63, 3.8) is 0 Å². The summed E-state index contributed by atoms with van der Waals surface area (Å²) in [7, 11) is 4.42. The molecule has 0 aromatic heterocycles. The Balaban J connectivity index is 1.69. The van der Waals surface area contributed by atoms with Gasteiger partial charge in [-0.1, -0.05) is 19.1 Å². The van der Waals surface area contributed by atoms with E-state index in [9.17, 15) is 18.8 Å². The van der Waals surface area contributed by atoms with Crippen LogP contribution in [0.15, 0.2) is 36.4 Å². The van der Waals surface area contributed by atoms with E-state index in [0.29, 0.717) is 5.75 Å². The van der Waals surface area contributed by atoms with Crippen molar-refractivity contribution in [3.05, 3.63) is 53.3 Å². The number of likely N-dealkylation sites (N-methyl/N-ethyl adjacent to an activating group) is 1. The van der Waals surface area contributed by atoms with Crippen molar-refractivity contribution in [2.75, 3.05) is 33.2 Å². The first-order chi connectivity index (χ1) is 15.7. The van der Waals surface area contributed by atoms with Gasteiger partial charge in [0.25, 0.3) is 5.91 Å². The molecule has 2 amide bonds. The largest absolute Gasteiger partial charge is 0.493 e. The van der Waals surface area contributed by atoms with E-state index in [1.54, 1.807) is 19.2 Å². The maximum Gasteiger partial charge on any atom is 0.340 e. The summed E-state index contributed by atoms with van der Waals surface area (Å²) >= 11 is 0. The molecule has 176 valence electrons. The highest BCUT2D eigenvalue weighted by atomic mass is 19.1. The maximum absolute atomic E-state index is 13.1. The molecule has 1 aliphatic carbocycles. The molecule has 1 N–H and O–H groups in total. The Morgan fingerprint density at radius 3 is 2.27 bits per heavy atom. The van der Waals surface area contributed by atoms with E-state index in [1.165, 1.54) is 43.4 Å². The minimum Gasteiger partial charge on any atom is -0.493 e. The van der Waals surface area contributed by atoms with Gasteiger partial charge in [0.1, 0.15) is 5.82 Å². The van der Waals surface area contributed by atoms with Gasteiger partial charge in [-0.3, -0.25) is 9.59 Å². The molecule has 0 aliphatic heterocycles. The van der Waals surface area contributed by atoms with E-state index in [-0.39, 0.29) is 47.1 Å². The Morgan fingerprint density at radius 1 is 1.09 bits per heavy atom. The molecular weight excluding hydrogens is 431 g/mol. The highest BCUT2D eigenvalue weighted by molar-refractivity contribution is 6.03. The van der Waals surface area contributed by atoms with Gasteiger partial charge in [-0.25, -0.2) is 9.18 Å². The highest BCUT2D eigenvalue weighted by Gasteiger charge is 2.39. The number of nitrogens with zero attached hydrogens (tertiary/aromatic N) is 1. The molecule has 2 unspecified atom stereocenters. The zero-order chi connectivity index (χ0) is 24.1. The van der Waals surface area contributed by atoms with Gasteiger partial charge < -0.3 is 24.4 Å². The van der Waals surface area contributed by atoms with Crippen LogP contribution in [0.25, 0.3) is 0 Å². The van der Waals surface area contributed by atoms with Crippen molar-refractivity contribution in [2.45, 2.75) is 19.9 Å². The minimum atomic E-state index is -0.793. The molecule has 3 rings (SSSR count). The number of anilines is 1. The molecule has 2 aromatic rings. The van der Waals surface area contributed by atoms with Gasteiger partial charge in [-0.05, 0) is 30.0 Å². The van der Waals surface area contributed by atoms with E-state index < -0.39 is 18.5 Å². The smallest absolute Gasteiger partial charge is 0.340 e. The number of halogens is 1. The molecular formula is C24H27FN2O6.